The number of halogens is 2. The summed E-state index contributed by atoms with van der Waals surface area (Å²) in [6.07, 6.45) is 6.48. The molecule has 2 aromatic rings. The number of benzene rings is 2. The lowest BCUT2D eigenvalue weighted by molar-refractivity contribution is -0.0166. The maximum absolute atomic E-state index is 16.4. The van der Waals surface area contributed by atoms with Crippen molar-refractivity contribution in [3.8, 4) is 23.7 Å². The molecule has 6 unspecified atom stereocenters. The Balaban J connectivity index is 0.908. The summed E-state index contributed by atoms with van der Waals surface area (Å²) in [6, 6.07) is 6.77. The number of ether oxygens (including phenoxy) is 2. The first-order valence-corrected chi connectivity index (χ1v) is 26.9. The average Bonchev–Trinajstić information content (AvgIpc) is 4.15. The number of amides is 4. The van der Waals surface area contributed by atoms with Gasteiger partial charge in [-0.15, -0.1) is 0 Å². The van der Waals surface area contributed by atoms with Crippen LogP contribution in [0.5, 0.6) is 0 Å². The Hall–Kier alpha value is -4.30. The molecular formula is C49H62F2N6O8S2. The van der Waals surface area contributed by atoms with Crippen LogP contribution in [0.4, 0.5) is 18.4 Å². The van der Waals surface area contributed by atoms with Gasteiger partial charge >= 0.3 is 12.1 Å². The molecule has 14 nitrogen and oxygen atoms in total. The van der Waals surface area contributed by atoms with Gasteiger partial charge in [-0.25, -0.2) is 44.6 Å². The summed E-state index contributed by atoms with van der Waals surface area (Å²) in [4.78, 5) is 32.5. The van der Waals surface area contributed by atoms with Gasteiger partial charge in [0.25, 0.3) is 0 Å². The molecule has 3 saturated heterocycles. The SMILES string of the molecule is COCCNC(=O)N1CC2(CC2)C(NS(C)(=O)=O)C1Cc1cccc(C#CC2(C)CC2CS(=O)(=O)NC2C(Cc3cccc(C#CC4(C)CC4)c3F)N(C(=O)N3CC(OC)C3)CC23CC3)c1F. The number of sulfonamides is 2. The zero-order valence-electron chi connectivity index (χ0n) is 38.9. The summed E-state index contributed by atoms with van der Waals surface area (Å²) >= 11 is 0. The van der Waals surface area contributed by atoms with Crippen LogP contribution in [0, 0.1) is 62.9 Å². The van der Waals surface area contributed by atoms with E-state index in [1.54, 1.807) is 58.2 Å². The lowest BCUT2D eigenvalue weighted by Gasteiger charge is -2.42. The predicted octanol–water partition coefficient (Wildman–Crippen LogP) is 4.22. The molecule has 7 fully saturated rings. The Bertz CT molecular complexity index is 2660. The highest BCUT2D eigenvalue weighted by Gasteiger charge is 2.63. The van der Waals surface area contributed by atoms with Crippen molar-refractivity contribution in [3.05, 3.63) is 70.3 Å². The van der Waals surface area contributed by atoms with E-state index in [2.05, 4.69) is 45.4 Å². The molecule has 7 aliphatic rings. The molecule has 3 N–H and O–H groups in total. The summed E-state index contributed by atoms with van der Waals surface area (Å²) in [5.74, 6) is 10.8. The first kappa shape index (κ1) is 47.8. The molecule has 0 radical (unpaired) electrons. The molecule has 2 spiro atoms. The van der Waals surface area contributed by atoms with Crippen LogP contribution in [-0.2, 0) is 42.4 Å². The molecule has 9 rings (SSSR count). The van der Waals surface area contributed by atoms with Crippen molar-refractivity contribution in [2.75, 3.05) is 65.6 Å². The zero-order chi connectivity index (χ0) is 47.7. The lowest BCUT2D eigenvalue weighted by Crippen LogP contribution is -2.60. The topological polar surface area (TPSA) is 167 Å². The predicted molar refractivity (Wildman–Crippen MR) is 247 cm³/mol. The smallest absolute Gasteiger partial charge is 0.320 e. The van der Waals surface area contributed by atoms with E-state index >= 15 is 8.78 Å². The fraction of sp³-hybridized carbons (Fsp3) is 0.633. The number of hydrogen-bond donors (Lipinski definition) is 3. The van der Waals surface area contributed by atoms with Gasteiger partial charge in [-0.3, -0.25) is 0 Å². The first-order valence-electron chi connectivity index (χ1n) is 23.4. The molecular weight excluding hydrogens is 903 g/mol. The van der Waals surface area contributed by atoms with Crippen LogP contribution in [0.1, 0.15) is 81.0 Å². The van der Waals surface area contributed by atoms with E-state index < -0.39 is 72.1 Å². The Kier molecular flexibility index (Phi) is 12.5. The summed E-state index contributed by atoms with van der Waals surface area (Å²) in [5.41, 5.74) is -0.691. The maximum Gasteiger partial charge on any atom is 0.320 e. The van der Waals surface area contributed by atoms with E-state index in [0.717, 1.165) is 44.8 Å². The van der Waals surface area contributed by atoms with Gasteiger partial charge in [-0.1, -0.05) is 47.9 Å². The monoisotopic (exact) mass is 964 g/mol. The van der Waals surface area contributed by atoms with Gasteiger partial charge in [0.05, 0.1) is 61.0 Å². The Morgan fingerprint density at radius 2 is 1.34 bits per heavy atom. The van der Waals surface area contributed by atoms with E-state index in [1.165, 1.54) is 7.11 Å². The molecule has 6 atom stereocenters. The number of methoxy groups -OCH3 is 2. The number of urea groups is 2. The van der Waals surface area contributed by atoms with E-state index in [0.29, 0.717) is 44.8 Å². The third-order valence-corrected chi connectivity index (χ3v) is 17.8. The van der Waals surface area contributed by atoms with Gasteiger partial charge in [-0.05, 0) is 101 Å². The standard InChI is InChI=1S/C49H62F2N6O8S2/c1-46(16-17-46)14-12-32-8-6-11-35(40(32)50)25-39-43(49(20-21-49)31-57(39)45(59)55-27-37(28-55)65-4)54-67(62,63)29-36-26-47(36,2)15-13-33-9-7-10-34(41(33)51)24-38-42(53-66(5,60)61)48(18-19-48)30-56(38)44(58)52-22-23-64-3/h6-11,36-39,42-43,53-54H,16-31H2,1-5H3,(H,52,58). The number of nitrogens with zero attached hydrogens (tertiary/aromatic N) is 3. The number of likely N-dealkylation sites (tertiary alicyclic amines) is 3. The third-order valence-electron chi connectivity index (χ3n) is 15.7. The van der Waals surface area contributed by atoms with Crippen molar-refractivity contribution in [2.45, 2.75) is 102 Å². The highest BCUT2D eigenvalue weighted by atomic mass is 32.2. The molecule has 4 aliphatic carbocycles. The molecule has 67 heavy (non-hydrogen) atoms. The Morgan fingerprint density at radius 3 is 1.88 bits per heavy atom. The molecule has 0 bridgehead atoms. The minimum atomic E-state index is -3.97. The second kappa shape index (κ2) is 17.6. The normalized spacial score (nSPS) is 28.3. The van der Waals surface area contributed by atoms with Crippen LogP contribution < -0.4 is 14.8 Å². The van der Waals surface area contributed by atoms with Crippen LogP contribution in [0.3, 0.4) is 0 Å². The number of carbonyl (C=O) groups is 2. The maximum atomic E-state index is 16.4. The Labute approximate surface area is 393 Å². The highest BCUT2D eigenvalue weighted by molar-refractivity contribution is 7.89. The van der Waals surface area contributed by atoms with E-state index in [4.69, 9.17) is 9.47 Å². The zero-order valence-corrected chi connectivity index (χ0v) is 40.6. The van der Waals surface area contributed by atoms with E-state index in [-0.39, 0.29) is 71.3 Å². The van der Waals surface area contributed by atoms with Gasteiger partial charge in [0.2, 0.25) is 20.0 Å². The van der Waals surface area contributed by atoms with Crippen LogP contribution in [0.15, 0.2) is 36.4 Å². The summed E-state index contributed by atoms with van der Waals surface area (Å²) in [6.45, 7) is 6.00. The molecule has 3 aliphatic heterocycles. The molecule has 3 heterocycles. The highest BCUT2D eigenvalue weighted by Crippen LogP contribution is 2.58. The number of hydrogen-bond acceptors (Lipinski definition) is 8. The summed E-state index contributed by atoms with van der Waals surface area (Å²) in [7, 11) is -4.50. The second-order valence-corrected chi connectivity index (χ2v) is 24.6. The van der Waals surface area contributed by atoms with Gasteiger partial charge in [0, 0.05) is 67.6 Å². The quantitative estimate of drug-likeness (QED) is 0.187. The lowest BCUT2D eigenvalue weighted by atomic mass is 9.92. The van der Waals surface area contributed by atoms with Gasteiger partial charge in [-0.2, -0.15) is 0 Å². The van der Waals surface area contributed by atoms with Crippen molar-refractivity contribution in [2.24, 2.45) is 27.6 Å². The molecule has 4 amide bonds. The largest absolute Gasteiger partial charge is 0.383 e. The van der Waals surface area contributed by atoms with Crippen molar-refractivity contribution >= 4 is 32.1 Å². The van der Waals surface area contributed by atoms with Crippen LogP contribution in [0.25, 0.3) is 0 Å². The van der Waals surface area contributed by atoms with Gasteiger partial charge in [0.1, 0.15) is 11.6 Å². The van der Waals surface area contributed by atoms with Crippen molar-refractivity contribution < 1.29 is 44.7 Å². The molecule has 4 saturated carbocycles. The van der Waals surface area contributed by atoms with Crippen molar-refractivity contribution in [3.63, 3.8) is 0 Å². The molecule has 2 aromatic carbocycles. The van der Waals surface area contributed by atoms with E-state index in [1.807, 2.05) is 6.92 Å². The first-order chi connectivity index (χ1) is 31.7. The summed E-state index contributed by atoms with van der Waals surface area (Å²) < 4.78 is 102. The van der Waals surface area contributed by atoms with Crippen molar-refractivity contribution in [1.29, 1.82) is 0 Å². The van der Waals surface area contributed by atoms with Crippen molar-refractivity contribution in [1.82, 2.24) is 29.5 Å². The summed E-state index contributed by atoms with van der Waals surface area (Å²) in [5, 5.41) is 2.83. The van der Waals surface area contributed by atoms with Gasteiger partial charge in [0.15, 0.2) is 0 Å². The number of rotatable bonds is 14. The fourth-order valence-electron chi connectivity index (χ4n) is 10.6. The van der Waals surface area contributed by atoms with Crippen LogP contribution in [-0.4, -0.2) is 139 Å². The molecule has 362 valence electrons. The molecule has 18 heteroatoms. The Morgan fingerprint density at radius 1 is 0.791 bits per heavy atom. The van der Waals surface area contributed by atoms with E-state index in [9.17, 15) is 26.4 Å². The van der Waals surface area contributed by atoms with Crippen LogP contribution in [0.2, 0.25) is 0 Å². The average molecular weight is 965 g/mol. The third kappa shape index (κ3) is 10.1. The second-order valence-electron chi connectivity index (χ2n) is 21.0. The van der Waals surface area contributed by atoms with Crippen LogP contribution >= 0.6 is 0 Å². The molecule has 0 aromatic heterocycles. The minimum Gasteiger partial charge on any atom is -0.383 e. The number of carbonyl (C=O) groups excluding carboxylic acids is 2. The van der Waals surface area contributed by atoms with Gasteiger partial charge < -0.3 is 29.5 Å². The fourth-order valence-corrected chi connectivity index (χ4v) is 13.3. The minimum absolute atomic E-state index is 0.0435. The number of nitrogens with one attached hydrogen (secondary N) is 3.